The number of carboxylic acid groups (broad SMARTS) is 1. The number of hydrogen-bond acceptors (Lipinski definition) is 3. The van der Waals surface area contributed by atoms with Gasteiger partial charge in [0.25, 0.3) is 0 Å². The third-order valence-electron chi connectivity index (χ3n) is 3.27. The molecule has 0 aliphatic carbocycles. The van der Waals surface area contributed by atoms with Gasteiger partial charge in [-0.25, -0.2) is 9.59 Å². The Morgan fingerprint density at radius 1 is 1.38 bits per heavy atom. The second-order valence-electron chi connectivity index (χ2n) is 4.74. The first-order valence-electron chi connectivity index (χ1n) is 6.72. The number of hydrogen-bond donors (Lipinski definition) is 2. The highest BCUT2D eigenvalue weighted by atomic mass is 16.5. The summed E-state index contributed by atoms with van der Waals surface area (Å²) in [6.45, 7) is 1.87. The summed E-state index contributed by atoms with van der Waals surface area (Å²) in [5.41, 5.74) is 1.89. The Hall–Kier alpha value is -2.50. The Bertz CT molecular complexity index is 663. The fourth-order valence-electron chi connectivity index (χ4n) is 2.32. The standard InChI is InChI=1S/C15H18N2O4/c1-3-21-15(20)16-12(14(18)19)8-10-9-17(2)13-7-5-4-6-11(10)13/h4-7,9,12H,3,8H2,1-2H3,(H,16,20)(H,18,19). The van der Waals surface area contributed by atoms with Gasteiger partial charge in [0.15, 0.2) is 0 Å². The maximum Gasteiger partial charge on any atom is 0.407 e. The zero-order valence-corrected chi connectivity index (χ0v) is 12.0. The fourth-order valence-corrected chi connectivity index (χ4v) is 2.32. The van der Waals surface area contributed by atoms with E-state index >= 15 is 0 Å². The predicted octanol–water partition coefficient (Wildman–Crippen LogP) is 1.92. The molecule has 2 aromatic rings. The van der Waals surface area contributed by atoms with Gasteiger partial charge in [0.05, 0.1) is 6.61 Å². The van der Waals surface area contributed by atoms with Gasteiger partial charge in [-0.05, 0) is 18.6 Å². The number of nitrogens with zero attached hydrogens (tertiary/aromatic N) is 1. The van der Waals surface area contributed by atoms with Gasteiger partial charge < -0.3 is 19.7 Å². The number of aromatic nitrogens is 1. The number of nitrogens with one attached hydrogen (secondary N) is 1. The lowest BCUT2D eigenvalue weighted by Crippen LogP contribution is -2.42. The molecule has 1 amide bonds. The van der Waals surface area contributed by atoms with Crippen LogP contribution < -0.4 is 5.32 Å². The first kappa shape index (κ1) is 14.9. The SMILES string of the molecule is CCOC(=O)NC(Cc1cn(C)c2ccccc12)C(=O)O. The zero-order valence-electron chi connectivity index (χ0n) is 12.0. The van der Waals surface area contributed by atoms with E-state index < -0.39 is 18.1 Å². The van der Waals surface area contributed by atoms with Gasteiger partial charge in [-0.3, -0.25) is 0 Å². The van der Waals surface area contributed by atoms with Crippen LogP contribution in [0.1, 0.15) is 12.5 Å². The molecule has 21 heavy (non-hydrogen) atoms. The van der Waals surface area contributed by atoms with Crippen molar-refractivity contribution in [2.45, 2.75) is 19.4 Å². The second-order valence-corrected chi connectivity index (χ2v) is 4.74. The third kappa shape index (κ3) is 3.34. The van der Waals surface area contributed by atoms with Crippen LogP contribution in [0.5, 0.6) is 0 Å². The van der Waals surface area contributed by atoms with Crippen molar-refractivity contribution in [2.75, 3.05) is 6.61 Å². The van der Waals surface area contributed by atoms with Gasteiger partial charge >= 0.3 is 12.1 Å². The number of para-hydroxylation sites is 1. The minimum atomic E-state index is -1.09. The van der Waals surface area contributed by atoms with Crippen LogP contribution in [-0.2, 0) is 23.0 Å². The highest BCUT2D eigenvalue weighted by Gasteiger charge is 2.22. The van der Waals surface area contributed by atoms with Gasteiger partial charge in [0.1, 0.15) is 6.04 Å². The molecule has 112 valence electrons. The summed E-state index contributed by atoms with van der Waals surface area (Å²) in [4.78, 5) is 22.7. The summed E-state index contributed by atoms with van der Waals surface area (Å²) in [5.74, 6) is -1.09. The quantitative estimate of drug-likeness (QED) is 0.881. The second kappa shape index (κ2) is 6.30. The molecule has 0 bridgehead atoms. The Morgan fingerprint density at radius 3 is 2.76 bits per heavy atom. The normalized spacial score (nSPS) is 12.1. The summed E-state index contributed by atoms with van der Waals surface area (Å²) in [6, 6.07) is 6.72. The molecule has 6 nitrogen and oxygen atoms in total. The van der Waals surface area contributed by atoms with Crippen molar-refractivity contribution in [2.24, 2.45) is 7.05 Å². The Balaban J connectivity index is 2.23. The number of benzene rings is 1. The zero-order chi connectivity index (χ0) is 15.4. The molecular weight excluding hydrogens is 272 g/mol. The summed E-state index contributed by atoms with van der Waals surface area (Å²) in [5, 5.41) is 12.6. The molecule has 6 heteroatoms. The van der Waals surface area contributed by atoms with Crippen LogP contribution in [0.15, 0.2) is 30.5 Å². The number of alkyl carbamates (subject to hydrolysis) is 1. The van der Waals surface area contributed by atoms with Crippen molar-refractivity contribution in [1.82, 2.24) is 9.88 Å². The molecule has 1 aromatic heterocycles. The number of carbonyl (C=O) groups is 2. The van der Waals surface area contributed by atoms with E-state index in [-0.39, 0.29) is 13.0 Å². The van der Waals surface area contributed by atoms with Crippen molar-refractivity contribution in [3.63, 3.8) is 0 Å². The van der Waals surface area contributed by atoms with Crippen LogP contribution in [-0.4, -0.2) is 34.4 Å². The Labute approximate surface area is 122 Å². The van der Waals surface area contributed by atoms with Gasteiger partial charge in [-0.2, -0.15) is 0 Å². The molecule has 0 aliphatic heterocycles. The van der Waals surface area contributed by atoms with Crippen LogP contribution >= 0.6 is 0 Å². The number of rotatable bonds is 5. The van der Waals surface area contributed by atoms with Gasteiger partial charge in [0, 0.05) is 30.6 Å². The average molecular weight is 290 g/mol. The van der Waals surface area contributed by atoms with Crippen LogP contribution in [0.2, 0.25) is 0 Å². The average Bonchev–Trinajstić information content (AvgIpc) is 2.75. The number of amides is 1. The first-order chi connectivity index (χ1) is 10.0. The number of carbonyl (C=O) groups excluding carboxylic acids is 1. The summed E-state index contributed by atoms with van der Waals surface area (Å²) in [7, 11) is 1.90. The van der Waals surface area contributed by atoms with Crippen LogP contribution in [0, 0.1) is 0 Å². The molecule has 1 atom stereocenters. The van der Waals surface area contributed by atoms with Crippen molar-refractivity contribution >= 4 is 23.0 Å². The molecule has 2 N–H and O–H groups in total. The van der Waals surface area contributed by atoms with E-state index in [0.29, 0.717) is 0 Å². The van der Waals surface area contributed by atoms with Gasteiger partial charge in [-0.15, -0.1) is 0 Å². The highest BCUT2D eigenvalue weighted by molar-refractivity contribution is 5.86. The van der Waals surface area contributed by atoms with Crippen LogP contribution in [0.3, 0.4) is 0 Å². The largest absolute Gasteiger partial charge is 0.480 e. The molecule has 0 fully saturated rings. The Kier molecular flexibility index (Phi) is 4.47. The first-order valence-corrected chi connectivity index (χ1v) is 6.72. The summed E-state index contributed by atoms with van der Waals surface area (Å²) < 4.78 is 6.67. The summed E-state index contributed by atoms with van der Waals surface area (Å²) in [6.07, 6.45) is 1.37. The van der Waals surface area contributed by atoms with Gasteiger partial charge in [0.2, 0.25) is 0 Å². The number of fused-ring (bicyclic) bond motifs is 1. The maximum atomic E-state index is 11.4. The lowest BCUT2D eigenvalue weighted by molar-refractivity contribution is -0.139. The molecule has 0 aliphatic rings. The fraction of sp³-hybridized carbons (Fsp3) is 0.333. The van der Waals surface area contributed by atoms with Crippen molar-refractivity contribution in [3.05, 3.63) is 36.0 Å². The number of ether oxygens (including phenoxy) is 1. The van der Waals surface area contributed by atoms with E-state index in [4.69, 9.17) is 4.74 Å². The van der Waals surface area contributed by atoms with E-state index in [1.165, 1.54) is 0 Å². The smallest absolute Gasteiger partial charge is 0.407 e. The third-order valence-corrected chi connectivity index (χ3v) is 3.27. The molecule has 1 aromatic carbocycles. The van der Waals surface area contributed by atoms with Crippen LogP contribution in [0.4, 0.5) is 4.79 Å². The topological polar surface area (TPSA) is 80.6 Å². The highest BCUT2D eigenvalue weighted by Crippen LogP contribution is 2.21. The molecular formula is C15H18N2O4. The lowest BCUT2D eigenvalue weighted by Gasteiger charge is -2.13. The lowest BCUT2D eigenvalue weighted by atomic mass is 10.1. The Morgan fingerprint density at radius 2 is 2.10 bits per heavy atom. The molecule has 0 saturated carbocycles. The number of aliphatic carboxylic acids is 1. The predicted molar refractivity (Wildman–Crippen MR) is 78.2 cm³/mol. The monoisotopic (exact) mass is 290 g/mol. The molecule has 1 unspecified atom stereocenters. The summed E-state index contributed by atoms with van der Waals surface area (Å²) >= 11 is 0. The van der Waals surface area contributed by atoms with Gasteiger partial charge in [-0.1, -0.05) is 18.2 Å². The maximum absolute atomic E-state index is 11.4. The van der Waals surface area contributed by atoms with Crippen molar-refractivity contribution < 1.29 is 19.4 Å². The van der Waals surface area contributed by atoms with Crippen molar-refractivity contribution in [3.8, 4) is 0 Å². The molecule has 0 saturated heterocycles. The minimum Gasteiger partial charge on any atom is -0.480 e. The number of carboxylic acids is 1. The molecule has 0 radical (unpaired) electrons. The molecule has 0 spiro atoms. The van der Waals surface area contributed by atoms with Crippen molar-refractivity contribution in [1.29, 1.82) is 0 Å². The van der Waals surface area contributed by atoms with E-state index in [1.54, 1.807) is 6.92 Å². The van der Waals surface area contributed by atoms with E-state index in [1.807, 2.05) is 42.1 Å². The van der Waals surface area contributed by atoms with E-state index in [2.05, 4.69) is 5.32 Å². The van der Waals surface area contributed by atoms with Crippen LogP contribution in [0.25, 0.3) is 10.9 Å². The number of aryl methyl sites for hydroxylation is 1. The van der Waals surface area contributed by atoms with E-state index in [9.17, 15) is 14.7 Å². The molecule has 2 rings (SSSR count). The minimum absolute atomic E-state index is 0.201. The van der Waals surface area contributed by atoms with E-state index in [0.717, 1.165) is 16.5 Å². The molecule has 1 heterocycles.